The van der Waals surface area contributed by atoms with Crippen molar-refractivity contribution in [3.05, 3.63) is 41.6 Å². The highest BCUT2D eigenvalue weighted by atomic mass is 16.3. The Kier molecular flexibility index (Phi) is 2.58. The number of fused-ring (bicyclic) bond motifs is 1. The quantitative estimate of drug-likeness (QED) is 0.796. The maximum Gasteiger partial charge on any atom is 0.250 e. The number of pyridine rings is 1. The Bertz CT molecular complexity index is 550. The molecule has 0 aliphatic rings. The zero-order valence-corrected chi connectivity index (χ0v) is 8.84. The van der Waals surface area contributed by atoms with E-state index in [4.69, 9.17) is 5.73 Å². The third-order valence-electron chi connectivity index (χ3n) is 2.48. The highest BCUT2D eigenvalue weighted by Gasteiger charge is 2.05. The Hall–Kier alpha value is -1.94. The van der Waals surface area contributed by atoms with Crippen molar-refractivity contribution >= 4 is 16.8 Å². The maximum atomic E-state index is 11.0. The van der Waals surface area contributed by atoms with Crippen molar-refractivity contribution in [3.8, 4) is 0 Å². The molecule has 2 rings (SSSR count). The first kappa shape index (κ1) is 10.6. The van der Waals surface area contributed by atoms with Gasteiger partial charge in [-0.25, -0.2) is 0 Å². The number of benzene rings is 1. The molecule has 1 aromatic heterocycles. The average Bonchev–Trinajstić information content (AvgIpc) is 2.27. The Morgan fingerprint density at radius 1 is 1.44 bits per heavy atom. The normalized spacial score (nSPS) is 12.6. The molecule has 0 radical (unpaired) electrons. The number of amides is 1. The summed E-state index contributed by atoms with van der Waals surface area (Å²) < 4.78 is 0. The average molecular weight is 216 g/mol. The van der Waals surface area contributed by atoms with Gasteiger partial charge in [0.25, 0.3) is 0 Å². The Morgan fingerprint density at radius 2 is 2.19 bits per heavy atom. The van der Waals surface area contributed by atoms with Crippen LogP contribution in [-0.4, -0.2) is 16.0 Å². The van der Waals surface area contributed by atoms with Crippen LogP contribution < -0.4 is 5.73 Å². The molecule has 1 atom stereocenters. The highest BCUT2D eigenvalue weighted by molar-refractivity contribution is 5.96. The van der Waals surface area contributed by atoms with E-state index in [1.165, 1.54) is 6.20 Å². The summed E-state index contributed by atoms with van der Waals surface area (Å²) in [7, 11) is 0. The van der Waals surface area contributed by atoms with Gasteiger partial charge in [0.15, 0.2) is 0 Å². The van der Waals surface area contributed by atoms with Gasteiger partial charge in [-0.3, -0.25) is 9.78 Å². The standard InChI is InChI=1S/C12H12N2O2/c1-7(15)8-2-3-9-4-10(12(13)16)6-14-11(9)5-8/h2-7,15H,1H3,(H2,13,16). The smallest absolute Gasteiger partial charge is 0.250 e. The van der Waals surface area contributed by atoms with E-state index in [0.717, 1.165) is 16.5 Å². The molecule has 0 aliphatic heterocycles. The van der Waals surface area contributed by atoms with Crippen LogP contribution in [-0.2, 0) is 0 Å². The van der Waals surface area contributed by atoms with Crippen LogP contribution in [0.3, 0.4) is 0 Å². The monoisotopic (exact) mass is 216 g/mol. The largest absolute Gasteiger partial charge is 0.389 e. The molecule has 16 heavy (non-hydrogen) atoms. The van der Waals surface area contributed by atoms with E-state index in [1.54, 1.807) is 25.1 Å². The first-order chi connectivity index (χ1) is 7.58. The number of rotatable bonds is 2. The van der Waals surface area contributed by atoms with Gasteiger partial charge in [-0.2, -0.15) is 0 Å². The third-order valence-corrected chi connectivity index (χ3v) is 2.48. The van der Waals surface area contributed by atoms with Gasteiger partial charge in [0.1, 0.15) is 0 Å². The van der Waals surface area contributed by atoms with Crippen LogP contribution in [0.25, 0.3) is 10.9 Å². The minimum atomic E-state index is -0.526. The summed E-state index contributed by atoms with van der Waals surface area (Å²) in [6.07, 6.45) is 0.915. The molecule has 0 fully saturated rings. The lowest BCUT2D eigenvalue weighted by Crippen LogP contribution is -2.11. The lowest BCUT2D eigenvalue weighted by atomic mass is 10.1. The highest BCUT2D eigenvalue weighted by Crippen LogP contribution is 2.19. The molecule has 0 aliphatic carbocycles. The van der Waals surface area contributed by atoms with E-state index in [2.05, 4.69) is 4.98 Å². The van der Waals surface area contributed by atoms with E-state index in [-0.39, 0.29) is 0 Å². The number of nitrogens with two attached hydrogens (primary N) is 1. The molecule has 0 bridgehead atoms. The van der Waals surface area contributed by atoms with Crippen molar-refractivity contribution in [3.63, 3.8) is 0 Å². The number of aliphatic hydroxyl groups excluding tert-OH is 1. The minimum Gasteiger partial charge on any atom is -0.389 e. The fourth-order valence-electron chi connectivity index (χ4n) is 1.53. The molecule has 2 aromatic rings. The van der Waals surface area contributed by atoms with Gasteiger partial charge >= 0.3 is 0 Å². The summed E-state index contributed by atoms with van der Waals surface area (Å²) in [5.74, 6) is -0.492. The lowest BCUT2D eigenvalue weighted by molar-refractivity contribution is 0.1000. The molecule has 1 aromatic carbocycles. The Labute approximate surface area is 92.7 Å². The van der Waals surface area contributed by atoms with Gasteiger partial charge in [0, 0.05) is 11.6 Å². The minimum absolute atomic E-state index is 0.386. The van der Waals surface area contributed by atoms with E-state index in [9.17, 15) is 9.90 Å². The van der Waals surface area contributed by atoms with E-state index in [1.807, 2.05) is 6.07 Å². The fraction of sp³-hybridized carbons (Fsp3) is 0.167. The van der Waals surface area contributed by atoms with Gasteiger partial charge in [0.05, 0.1) is 17.2 Å². The molecule has 4 heteroatoms. The van der Waals surface area contributed by atoms with Crippen LogP contribution in [0.4, 0.5) is 0 Å². The van der Waals surface area contributed by atoms with Crippen molar-refractivity contribution in [2.24, 2.45) is 5.73 Å². The number of hydrogen-bond acceptors (Lipinski definition) is 3. The number of carbonyl (C=O) groups excluding carboxylic acids is 1. The number of aromatic nitrogens is 1. The van der Waals surface area contributed by atoms with Crippen LogP contribution in [0.5, 0.6) is 0 Å². The molecule has 0 saturated heterocycles. The number of nitrogens with zero attached hydrogens (tertiary/aromatic N) is 1. The first-order valence-corrected chi connectivity index (χ1v) is 4.95. The second-order valence-electron chi connectivity index (χ2n) is 3.72. The van der Waals surface area contributed by atoms with Gasteiger partial charge in [-0.1, -0.05) is 12.1 Å². The second-order valence-corrected chi connectivity index (χ2v) is 3.72. The number of hydrogen-bond donors (Lipinski definition) is 2. The third kappa shape index (κ3) is 1.87. The van der Waals surface area contributed by atoms with E-state index >= 15 is 0 Å². The molecule has 82 valence electrons. The van der Waals surface area contributed by atoms with Gasteiger partial charge < -0.3 is 10.8 Å². The molecular formula is C12H12N2O2. The number of aliphatic hydroxyl groups is 1. The fourth-order valence-corrected chi connectivity index (χ4v) is 1.53. The van der Waals surface area contributed by atoms with Crippen molar-refractivity contribution in [2.45, 2.75) is 13.0 Å². The number of primary amides is 1. The zero-order valence-electron chi connectivity index (χ0n) is 8.84. The van der Waals surface area contributed by atoms with Crippen LogP contribution in [0.1, 0.15) is 28.9 Å². The summed E-state index contributed by atoms with van der Waals surface area (Å²) in [5, 5.41) is 10.3. The maximum absolute atomic E-state index is 11.0. The molecule has 0 saturated carbocycles. The molecule has 0 spiro atoms. The van der Waals surface area contributed by atoms with Crippen molar-refractivity contribution in [2.75, 3.05) is 0 Å². The zero-order chi connectivity index (χ0) is 11.7. The predicted octanol–water partition coefficient (Wildman–Crippen LogP) is 1.39. The molecular weight excluding hydrogens is 204 g/mol. The van der Waals surface area contributed by atoms with Crippen molar-refractivity contribution in [1.82, 2.24) is 4.98 Å². The molecule has 3 N–H and O–H groups in total. The van der Waals surface area contributed by atoms with Crippen LogP contribution in [0.15, 0.2) is 30.5 Å². The van der Waals surface area contributed by atoms with E-state index in [0.29, 0.717) is 5.56 Å². The second kappa shape index (κ2) is 3.90. The van der Waals surface area contributed by atoms with Gasteiger partial charge in [0.2, 0.25) is 5.91 Å². The van der Waals surface area contributed by atoms with Crippen molar-refractivity contribution < 1.29 is 9.90 Å². The molecule has 1 amide bonds. The SMILES string of the molecule is CC(O)c1ccc2cc(C(N)=O)cnc2c1. The van der Waals surface area contributed by atoms with Gasteiger partial charge in [-0.15, -0.1) is 0 Å². The summed E-state index contributed by atoms with van der Waals surface area (Å²) in [6, 6.07) is 7.11. The lowest BCUT2D eigenvalue weighted by Gasteiger charge is -2.06. The molecule has 1 unspecified atom stereocenters. The van der Waals surface area contributed by atoms with Gasteiger partial charge in [-0.05, 0) is 24.6 Å². The molecule has 4 nitrogen and oxygen atoms in total. The summed E-state index contributed by atoms with van der Waals surface area (Å²) in [5.41, 5.74) is 7.09. The Balaban J connectivity index is 2.57. The summed E-state index contributed by atoms with van der Waals surface area (Å²) >= 11 is 0. The first-order valence-electron chi connectivity index (χ1n) is 4.95. The topological polar surface area (TPSA) is 76.2 Å². The number of carbonyl (C=O) groups is 1. The predicted molar refractivity (Wildman–Crippen MR) is 60.9 cm³/mol. The van der Waals surface area contributed by atoms with Crippen LogP contribution in [0, 0.1) is 0 Å². The molecule has 1 heterocycles. The Morgan fingerprint density at radius 3 is 2.81 bits per heavy atom. The van der Waals surface area contributed by atoms with Crippen molar-refractivity contribution in [1.29, 1.82) is 0 Å². The van der Waals surface area contributed by atoms with Crippen LogP contribution >= 0.6 is 0 Å². The van der Waals surface area contributed by atoms with E-state index < -0.39 is 12.0 Å². The summed E-state index contributed by atoms with van der Waals surface area (Å²) in [6.45, 7) is 1.69. The summed E-state index contributed by atoms with van der Waals surface area (Å²) in [4.78, 5) is 15.1. The van der Waals surface area contributed by atoms with Crippen LogP contribution in [0.2, 0.25) is 0 Å².